The number of hydrogen-bond donors (Lipinski definition) is 1. The summed E-state index contributed by atoms with van der Waals surface area (Å²) in [5, 5.41) is 2.98. The molecule has 2 atom stereocenters. The molecule has 18 heavy (non-hydrogen) atoms. The highest BCUT2D eigenvalue weighted by Crippen LogP contribution is 2.36. The molecule has 5 heteroatoms. The van der Waals surface area contributed by atoms with Crippen molar-refractivity contribution < 1.29 is 9.59 Å². The second kappa shape index (κ2) is 5.41. The van der Waals surface area contributed by atoms with Crippen molar-refractivity contribution in [1.82, 2.24) is 5.32 Å². The Hall–Kier alpha value is -0.870. The lowest BCUT2D eigenvalue weighted by Crippen LogP contribution is -2.44. The van der Waals surface area contributed by atoms with Crippen molar-refractivity contribution in [3.05, 3.63) is 33.3 Å². The van der Waals surface area contributed by atoms with Gasteiger partial charge >= 0.3 is 0 Å². The molecule has 2 amide bonds. The van der Waals surface area contributed by atoms with Gasteiger partial charge in [-0.1, -0.05) is 24.6 Å². The maximum atomic E-state index is 11.8. The standard InChI is InChI=1S/C13H13BrClNO2/c1-2-8-9(6-12(17)16-13(8)18)7-3-4-10(14)11(15)5-7/h3-5,8-9H,2,6H2,1H3,(H,16,17,18). The highest BCUT2D eigenvalue weighted by molar-refractivity contribution is 9.10. The Kier molecular flexibility index (Phi) is 4.07. The Bertz CT molecular complexity index is 504. The number of amides is 2. The van der Waals surface area contributed by atoms with E-state index in [9.17, 15) is 9.59 Å². The Morgan fingerprint density at radius 3 is 2.78 bits per heavy atom. The molecule has 0 radical (unpaired) electrons. The summed E-state index contributed by atoms with van der Waals surface area (Å²) in [4.78, 5) is 23.3. The number of imide groups is 1. The predicted octanol–water partition coefficient (Wildman–Crippen LogP) is 3.26. The normalized spacial score (nSPS) is 23.9. The molecular weight excluding hydrogens is 318 g/mol. The number of benzene rings is 1. The molecule has 0 aliphatic carbocycles. The maximum Gasteiger partial charge on any atom is 0.230 e. The number of halogens is 2. The predicted molar refractivity (Wildman–Crippen MR) is 73.4 cm³/mol. The first-order valence-corrected chi connectivity index (χ1v) is 6.98. The van der Waals surface area contributed by atoms with E-state index in [1.165, 1.54) is 0 Å². The van der Waals surface area contributed by atoms with Crippen molar-refractivity contribution in [2.45, 2.75) is 25.7 Å². The highest BCUT2D eigenvalue weighted by Gasteiger charge is 2.35. The minimum atomic E-state index is -0.214. The van der Waals surface area contributed by atoms with Crippen LogP contribution in [-0.4, -0.2) is 11.8 Å². The van der Waals surface area contributed by atoms with E-state index in [4.69, 9.17) is 11.6 Å². The van der Waals surface area contributed by atoms with Crippen LogP contribution in [0.25, 0.3) is 0 Å². The van der Waals surface area contributed by atoms with Crippen molar-refractivity contribution in [2.75, 3.05) is 0 Å². The van der Waals surface area contributed by atoms with Crippen LogP contribution in [0.5, 0.6) is 0 Å². The zero-order chi connectivity index (χ0) is 13.3. The summed E-state index contributed by atoms with van der Waals surface area (Å²) in [6.07, 6.45) is 1.04. The Balaban J connectivity index is 2.36. The summed E-state index contributed by atoms with van der Waals surface area (Å²) < 4.78 is 0.813. The van der Waals surface area contributed by atoms with Gasteiger partial charge in [-0.05, 0) is 40.0 Å². The Morgan fingerprint density at radius 2 is 2.17 bits per heavy atom. The number of piperidine rings is 1. The Labute approximate surface area is 119 Å². The van der Waals surface area contributed by atoms with Gasteiger partial charge in [-0.2, -0.15) is 0 Å². The van der Waals surface area contributed by atoms with Gasteiger partial charge in [0.2, 0.25) is 11.8 Å². The third-order valence-electron chi connectivity index (χ3n) is 3.30. The SMILES string of the molecule is CCC1C(=O)NC(=O)CC1c1ccc(Br)c(Cl)c1. The van der Waals surface area contributed by atoms with Gasteiger partial charge in [-0.15, -0.1) is 0 Å². The van der Waals surface area contributed by atoms with Crippen LogP contribution >= 0.6 is 27.5 Å². The van der Waals surface area contributed by atoms with Crippen molar-refractivity contribution in [3.63, 3.8) is 0 Å². The second-order valence-corrected chi connectivity index (χ2v) is 5.67. The largest absolute Gasteiger partial charge is 0.296 e. The number of carbonyl (C=O) groups is 2. The first kappa shape index (κ1) is 13.6. The number of rotatable bonds is 2. The molecule has 2 rings (SSSR count). The van der Waals surface area contributed by atoms with Gasteiger partial charge in [0.25, 0.3) is 0 Å². The molecular formula is C13H13BrClNO2. The fraction of sp³-hybridized carbons (Fsp3) is 0.385. The molecule has 1 heterocycles. The van der Waals surface area contributed by atoms with Crippen LogP contribution in [0, 0.1) is 5.92 Å². The van der Waals surface area contributed by atoms with Crippen LogP contribution in [0.2, 0.25) is 5.02 Å². The molecule has 0 bridgehead atoms. The molecule has 1 aliphatic rings. The van der Waals surface area contributed by atoms with E-state index >= 15 is 0 Å². The van der Waals surface area contributed by atoms with Crippen LogP contribution in [0.3, 0.4) is 0 Å². The lowest BCUT2D eigenvalue weighted by atomic mass is 9.79. The second-order valence-electron chi connectivity index (χ2n) is 4.41. The molecule has 0 spiro atoms. The zero-order valence-corrected chi connectivity index (χ0v) is 12.2. The number of hydrogen-bond acceptors (Lipinski definition) is 2. The van der Waals surface area contributed by atoms with Gasteiger partial charge in [0.15, 0.2) is 0 Å². The highest BCUT2D eigenvalue weighted by atomic mass is 79.9. The van der Waals surface area contributed by atoms with Crippen LogP contribution in [0.4, 0.5) is 0 Å². The molecule has 1 fully saturated rings. The summed E-state index contributed by atoms with van der Waals surface area (Å²) in [7, 11) is 0. The molecule has 0 saturated carbocycles. The minimum Gasteiger partial charge on any atom is -0.296 e. The van der Waals surface area contributed by atoms with Crippen LogP contribution < -0.4 is 5.32 Å². The van der Waals surface area contributed by atoms with Crippen molar-refractivity contribution in [2.24, 2.45) is 5.92 Å². The topological polar surface area (TPSA) is 46.2 Å². The zero-order valence-electron chi connectivity index (χ0n) is 9.87. The fourth-order valence-corrected chi connectivity index (χ4v) is 2.80. The molecule has 2 unspecified atom stereocenters. The van der Waals surface area contributed by atoms with Crippen molar-refractivity contribution >= 4 is 39.3 Å². The van der Waals surface area contributed by atoms with Crippen LogP contribution in [0.1, 0.15) is 31.2 Å². The first-order valence-electron chi connectivity index (χ1n) is 5.81. The van der Waals surface area contributed by atoms with Crippen molar-refractivity contribution in [1.29, 1.82) is 0 Å². The lowest BCUT2D eigenvalue weighted by Gasteiger charge is -2.29. The van der Waals surface area contributed by atoms with Crippen molar-refractivity contribution in [3.8, 4) is 0 Å². The van der Waals surface area contributed by atoms with E-state index in [-0.39, 0.29) is 23.7 Å². The summed E-state index contributed by atoms with van der Waals surface area (Å²) in [5.41, 5.74) is 0.943. The molecule has 0 aromatic heterocycles. The molecule has 3 nitrogen and oxygen atoms in total. The van der Waals surface area contributed by atoms with E-state index in [0.29, 0.717) is 17.9 Å². The van der Waals surface area contributed by atoms with Gasteiger partial charge in [0, 0.05) is 22.7 Å². The van der Waals surface area contributed by atoms with Gasteiger partial charge in [0.05, 0.1) is 5.02 Å². The number of carbonyl (C=O) groups excluding carboxylic acids is 2. The third-order valence-corrected chi connectivity index (χ3v) is 4.53. The van der Waals surface area contributed by atoms with Gasteiger partial charge in [0.1, 0.15) is 0 Å². The Morgan fingerprint density at radius 1 is 1.44 bits per heavy atom. The quantitative estimate of drug-likeness (QED) is 0.846. The molecule has 1 saturated heterocycles. The molecule has 1 aromatic carbocycles. The molecule has 96 valence electrons. The summed E-state index contributed by atoms with van der Waals surface area (Å²) in [6, 6.07) is 5.58. The van der Waals surface area contributed by atoms with E-state index in [1.54, 1.807) is 0 Å². The van der Waals surface area contributed by atoms with Crippen LogP contribution in [0.15, 0.2) is 22.7 Å². The smallest absolute Gasteiger partial charge is 0.230 e. The van der Waals surface area contributed by atoms with E-state index in [2.05, 4.69) is 21.2 Å². The van der Waals surface area contributed by atoms with Crippen LogP contribution in [-0.2, 0) is 9.59 Å². The van der Waals surface area contributed by atoms with E-state index in [0.717, 1.165) is 10.0 Å². The van der Waals surface area contributed by atoms with Gasteiger partial charge in [-0.25, -0.2) is 0 Å². The first-order chi connectivity index (χ1) is 8.52. The van der Waals surface area contributed by atoms with Gasteiger partial charge in [-0.3, -0.25) is 14.9 Å². The summed E-state index contributed by atoms with van der Waals surface area (Å²) in [6.45, 7) is 1.95. The lowest BCUT2D eigenvalue weighted by molar-refractivity contribution is -0.137. The maximum absolute atomic E-state index is 11.8. The van der Waals surface area contributed by atoms with E-state index in [1.807, 2.05) is 25.1 Å². The average molecular weight is 331 g/mol. The summed E-state index contributed by atoms with van der Waals surface area (Å²) in [5.74, 6) is -0.645. The monoisotopic (exact) mass is 329 g/mol. The van der Waals surface area contributed by atoms with Gasteiger partial charge < -0.3 is 0 Å². The molecule has 1 N–H and O–H groups in total. The van der Waals surface area contributed by atoms with E-state index < -0.39 is 0 Å². The number of nitrogens with one attached hydrogen (secondary N) is 1. The minimum absolute atomic E-state index is 0.0816. The molecule has 1 aromatic rings. The third kappa shape index (κ3) is 2.59. The fourth-order valence-electron chi connectivity index (χ4n) is 2.37. The average Bonchev–Trinajstić information content (AvgIpc) is 2.32. The summed E-state index contributed by atoms with van der Waals surface area (Å²) >= 11 is 9.40. The molecule has 1 aliphatic heterocycles.